The molecule has 1 aliphatic carbocycles. The van der Waals surface area contributed by atoms with Crippen molar-refractivity contribution in [2.24, 2.45) is 5.92 Å². The Morgan fingerprint density at radius 1 is 0.967 bits per heavy atom. The zero-order valence-corrected chi connectivity index (χ0v) is 18.5. The van der Waals surface area contributed by atoms with Crippen LogP contribution in [0.3, 0.4) is 0 Å². The van der Waals surface area contributed by atoms with E-state index in [2.05, 4.69) is 15.4 Å². The minimum absolute atomic E-state index is 0.117. The number of rotatable bonds is 8. The van der Waals surface area contributed by atoms with Gasteiger partial charge in [-0.3, -0.25) is 9.52 Å². The maximum atomic E-state index is 12.5. The third kappa shape index (κ3) is 6.23. The smallest absolute Gasteiger partial charge is 0.235 e. The van der Waals surface area contributed by atoms with Gasteiger partial charge in [-0.05, 0) is 62.6 Å². The number of carbonyl (C=O) groups is 1. The molecule has 1 aliphatic rings. The van der Waals surface area contributed by atoms with E-state index in [-0.39, 0.29) is 11.8 Å². The molecule has 2 aromatic carbocycles. The summed E-state index contributed by atoms with van der Waals surface area (Å²) in [4.78, 5) is 12.5. The predicted molar refractivity (Wildman–Crippen MR) is 123 cm³/mol. The zero-order chi connectivity index (χ0) is 21.6. The van der Waals surface area contributed by atoms with Gasteiger partial charge in [0.25, 0.3) is 0 Å². The van der Waals surface area contributed by atoms with Crippen LogP contribution in [0, 0.1) is 5.92 Å². The molecule has 30 heavy (non-hydrogen) atoms. The van der Waals surface area contributed by atoms with Crippen LogP contribution in [-0.4, -0.2) is 19.6 Å². The van der Waals surface area contributed by atoms with E-state index in [0.29, 0.717) is 12.2 Å². The van der Waals surface area contributed by atoms with Gasteiger partial charge < -0.3 is 10.6 Å². The molecule has 3 rings (SSSR count). The predicted octanol–water partition coefficient (Wildman–Crippen LogP) is 4.97. The van der Waals surface area contributed by atoms with Crippen molar-refractivity contribution >= 4 is 33.0 Å². The van der Waals surface area contributed by atoms with E-state index in [1.807, 2.05) is 36.4 Å². The third-order valence-electron chi connectivity index (χ3n) is 5.44. The molecule has 0 atom stereocenters. The van der Waals surface area contributed by atoms with E-state index >= 15 is 0 Å². The first-order chi connectivity index (χ1) is 14.3. The van der Waals surface area contributed by atoms with Gasteiger partial charge in [0.05, 0.1) is 5.25 Å². The van der Waals surface area contributed by atoms with E-state index in [9.17, 15) is 13.2 Å². The van der Waals surface area contributed by atoms with Crippen molar-refractivity contribution < 1.29 is 13.2 Å². The summed E-state index contributed by atoms with van der Waals surface area (Å²) in [6, 6.07) is 15.0. The van der Waals surface area contributed by atoms with Crippen molar-refractivity contribution in [3.8, 4) is 0 Å². The molecule has 0 unspecified atom stereocenters. The fourth-order valence-corrected chi connectivity index (χ4v) is 4.19. The van der Waals surface area contributed by atoms with Crippen LogP contribution in [-0.2, 0) is 21.4 Å². The molecule has 0 heterocycles. The minimum atomic E-state index is -3.34. The molecule has 2 aromatic rings. The Morgan fingerprint density at radius 2 is 1.63 bits per heavy atom. The van der Waals surface area contributed by atoms with E-state index in [0.717, 1.165) is 42.6 Å². The molecule has 0 saturated heterocycles. The maximum absolute atomic E-state index is 12.5. The molecular weight excluding hydrogens is 398 g/mol. The lowest BCUT2D eigenvalue weighted by Crippen LogP contribution is -2.24. The van der Waals surface area contributed by atoms with Crippen LogP contribution >= 0.6 is 0 Å². The van der Waals surface area contributed by atoms with Crippen LogP contribution in [0.2, 0.25) is 0 Å². The first kappa shape index (κ1) is 22.2. The quantitative estimate of drug-likeness (QED) is 0.553. The number of nitrogens with one attached hydrogen (secondary N) is 3. The maximum Gasteiger partial charge on any atom is 0.235 e. The SMILES string of the molecule is CC(C)S(=O)(=O)Nc1ccc(CNc2cccc(NC(=O)C3CCCCC3)c2)cc1. The van der Waals surface area contributed by atoms with Gasteiger partial charge in [0, 0.05) is 29.5 Å². The number of hydrogen-bond acceptors (Lipinski definition) is 4. The summed E-state index contributed by atoms with van der Waals surface area (Å²) in [5.74, 6) is 0.244. The van der Waals surface area contributed by atoms with Gasteiger partial charge in [-0.15, -0.1) is 0 Å². The molecule has 3 N–H and O–H groups in total. The van der Waals surface area contributed by atoms with Gasteiger partial charge in [0.2, 0.25) is 15.9 Å². The van der Waals surface area contributed by atoms with Gasteiger partial charge >= 0.3 is 0 Å². The fourth-order valence-electron chi connectivity index (χ4n) is 3.49. The number of benzene rings is 2. The van der Waals surface area contributed by atoms with Crippen LogP contribution in [0.4, 0.5) is 17.1 Å². The number of anilines is 3. The van der Waals surface area contributed by atoms with E-state index < -0.39 is 15.3 Å². The molecular formula is C23H31N3O3S. The number of carbonyl (C=O) groups excluding carboxylic acids is 1. The lowest BCUT2D eigenvalue weighted by atomic mass is 9.88. The van der Waals surface area contributed by atoms with Crippen molar-refractivity contribution in [3.05, 3.63) is 54.1 Å². The molecule has 0 aromatic heterocycles. The molecule has 1 saturated carbocycles. The van der Waals surface area contributed by atoms with Gasteiger partial charge in [0.15, 0.2) is 0 Å². The largest absolute Gasteiger partial charge is 0.381 e. The second-order valence-corrected chi connectivity index (χ2v) is 10.4. The van der Waals surface area contributed by atoms with Gasteiger partial charge in [0.1, 0.15) is 0 Å². The third-order valence-corrected chi connectivity index (χ3v) is 7.20. The first-order valence-corrected chi connectivity index (χ1v) is 12.1. The summed E-state index contributed by atoms with van der Waals surface area (Å²) in [7, 11) is -3.34. The van der Waals surface area contributed by atoms with Gasteiger partial charge in [-0.2, -0.15) is 0 Å². The molecule has 0 aliphatic heterocycles. The topological polar surface area (TPSA) is 87.3 Å². The average Bonchev–Trinajstić information content (AvgIpc) is 2.74. The molecule has 1 amide bonds. The molecule has 162 valence electrons. The highest BCUT2D eigenvalue weighted by Gasteiger charge is 2.21. The summed E-state index contributed by atoms with van der Waals surface area (Å²) < 4.78 is 26.5. The Labute approximate surface area is 179 Å². The van der Waals surface area contributed by atoms with Crippen molar-refractivity contribution in [1.29, 1.82) is 0 Å². The molecule has 6 nitrogen and oxygen atoms in total. The van der Waals surface area contributed by atoms with Crippen LogP contribution in [0.5, 0.6) is 0 Å². The summed E-state index contributed by atoms with van der Waals surface area (Å²) in [5, 5.41) is 5.91. The molecule has 0 bridgehead atoms. The fraction of sp³-hybridized carbons (Fsp3) is 0.435. The normalized spacial score (nSPS) is 15.0. The molecule has 1 fully saturated rings. The van der Waals surface area contributed by atoms with E-state index in [4.69, 9.17) is 0 Å². The van der Waals surface area contributed by atoms with Crippen LogP contribution in [0.15, 0.2) is 48.5 Å². The molecule has 0 radical (unpaired) electrons. The van der Waals surface area contributed by atoms with Crippen molar-refractivity contribution in [2.45, 2.75) is 57.7 Å². The highest BCUT2D eigenvalue weighted by molar-refractivity contribution is 7.93. The number of amides is 1. The minimum Gasteiger partial charge on any atom is -0.381 e. The van der Waals surface area contributed by atoms with Crippen LogP contribution in [0.1, 0.15) is 51.5 Å². The summed E-state index contributed by atoms with van der Waals surface area (Å²) in [5.41, 5.74) is 3.30. The van der Waals surface area contributed by atoms with E-state index in [1.54, 1.807) is 26.0 Å². The second-order valence-electron chi connectivity index (χ2n) is 8.15. The zero-order valence-electron chi connectivity index (χ0n) is 17.6. The number of hydrogen-bond donors (Lipinski definition) is 3. The molecule has 7 heteroatoms. The van der Waals surface area contributed by atoms with Crippen molar-refractivity contribution in [3.63, 3.8) is 0 Å². The number of sulfonamides is 1. The molecule has 0 spiro atoms. The van der Waals surface area contributed by atoms with Crippen molar-refractivity contribution in [2.75, 3.05) is 15.4 Å². The summed E-state index contributed by atoms with van der Waals surface area (Å²) >= 11 is 0. The lowest BCUT2D eigenvalue weighted by molar-refractivity contribution is -0.120. The Bertz CT molecular complexity index is 950. The Morgan fingerprint density at radius 3 is 2.30 bits per heavy atom. The summed E-state index contributed by atoms with van der Waals surface area (Å²) in [6.45, 7) is 3.88. The standard InChI is InChI=1S/C23H31N3O3S/c1-17(2)30(28,29)26-20-13-11-18(12-14-20)16-24-21-9-6-10-22(15-21)25-23(27)19-7-4-3-5-8-19/h6,9-15,17,19,24,26H,3-5,7-8,16H2,1-2H3,(H,25,27). The Balaban J connectivity index is 1.54. The summed E-state index contributed by atoms with van der Waals surface area (Å²) in [6.07, 6.45) is 5.46. The first-order valence-electron chi connectivity index (χ1n) is 10.6. The lowest BCUT2D eigenvalue weighted by Gasteiger charge is -2.21. The average molecular weight is 430 g/mol. The van der Waals surface area contributed by atoms with Crippen LogP contribution < -0.4 is 15.4 Å². The Kier molecular flexibility index (Phi) is 7.37. The highest BCUT2D eigenvalue weighted by atomic mass is 32.2. The van der Waals surface area contributed by atoms with E-state index in [1.165, 1.54) is 6.42 Å². The monoisotopic (exact) mass is 429 g/mol. The van der Waals surface area contributed by atoms with Gasteiger partial charge in [-0.1, -0.05) is 37.5 Å². The Hall–Kier alpha value is -2.54. The van der Waals surface area contributed by atoms with Gasteiger partial charge in [-0.25, -0.2) is 8.42 Å². The van der Waals surface area contributed by atoms with Crippen LogP contribution in [0.25, 0.3) is 0 Å². The highest BCUT2D eigenvalue weighted by Crippen LogP contribution is 2.25. The van der Waals surface area contributed by atoms with Crippen molar-refractivity contribution in [1.82, 2.24) is 0 Å². The second kappa shape index (κ2) is 9.98.